The minimum atomic E-state index is -0.894. The van der Waals surface area contributed by atoms with Crippen LogP contribution in [0.15, 0.2) is 0 Å². The molecule has 1 unspecified atom stereocenters. The summed E-state index contributed by atoms with van der Waals surface area (Å²) in [5.74, 6) is -0.618. The summed E-state index contributed by atoms with van der Waals surface area (Å²) < 4.78 is 16.8. The maximum absolute atomic E-state index is 5.61. The Morgan fingerprint density at radius 2 is 1.23 bits per heavy atom. The molecule has 0 N–H and O–H groups in total. The molecule has 22 heavy (non-hydrogen) atoms. The highest BCUT2D eigenvalue weighted by Crippen LogP contribution is 2.35. The van der Waals surface area contributed by atoms with Crippen molar-refractivity contribution in [3.63, 3.8) is 0 Å². The van der Waals surface area contributed by atoms with Gasteiger partial charge in [-0.1, -0.05) is 66.2 Å². The van der Waals surface area contributed by atoms with Gasteiger partial charge in [-0.15, -0.1) is 0 Å². The summed E-state index contributed by atoms with van der Waals surface area (Å²) in [7, 11) is 5.04. The van der Waals surface area contributed by atoms with Gasteiger partial charge in [0.1, 0.15) is 0 Å². The van der Waals surface area contributed by atoms with Gasteiger partial charge in [-0.2, -0.15) is 0 Å². The van der Waals surface area contributed by atoms with E-state index in [1.54, 1.807) is 21.3 Å². The molecule has 3 nitrogen and oxygen atoms in total. The second-order valence-electron chi connectivity index (χ2n) is 7.57. The van der Waals surface area contributed by atoms with E-state index in [4.69, 9.17) is 14.2 Å². The molecule has 0 spiro atoms. The fraction of sp³-hybridized carbons (Fsp3) is 1.00. The third kappa shape index (κ3) is 8.50. The lowest BCUT2D eigenvalue weighted by atomic mass is 9.84. The van der Waals surface area contributed by atoms with Crippen LogP contribution in [0.2, 0.25) is 0 Å². The predicted molar refractivity (Wildman–Crippen MR) is 93.9 cm³/mol. The highest BCUT2D eigenvalue weighted by molar-refractivity contribution is 4.74. The van der Waals surface area contributed by atoms with E-state index in [0.29, 0.717) is 5.41 Å². The molecule has 0 saturated carbocycles. The molecule has 0 aromatic carbocycles. The molecule has 0 heterocycles. The molecule has 134 valence electrons. The molecule has 3 heteroatoms. The second-order valence-corrected chi connectivity index (χ2v) is 7.57. The molecule has 0 aromatic heterocycles. The average molecular weight is 317 g/mol. The SMILES string of the molecule is CCCCCCCCC(CCC(C)(C)C)C(OC)(OC)OC. The molecule has 1 atom stereocenters. The maximum atomic E-state index is 5.61. The van der Waals surface area contributed by atoms with Gasteiger partial charge in [0, 0.05) is 27.2 Å². The zero-order chi connectivity index (χ0) is 17.1. The third-order valence-electron chi connectivity index (χ3n) is 4.50. The van der Waals surface area contributed by atoms with Crippen LogP contribution in [0.1, 0.15) is 85.5 Å². The normalized spacial score (nSPS) is 14.3. The monoisotopic (exact) mass is 316 g/mol. The van der Waals surface area contributed by atoms with Crippen molar-refractivity contribution >= 4 is 0 Å². The molecule has 0 aliphatic heterocycles. The van der Waals surface area contributed by atoms with E-state index in [-0.39, 0.29) is 5.92 Å². The van der Waals surface area contributed by atoms with E-state index in [1.165, 1.54) is 38.5 Å². The minimum absolute atomic E-state index is 0.276. The zero-order valence-electron chi connectivity index (χ0n) is 16.2. The van der Waals surface area contributed by atoms with Crippen LogP contribution >= 0.6 is 0 Å². The van der Waals surface area contributed by atoms with E-state index < -0.39 is 5.97 Å². The van der Waals surface area contributed by atoms with Crippen LogP contribution in [0.25, 0.3) is 0 Å². The topological polar surface area (TPSA) is 27.7 Å². The van der Waals surface area contributed by atoms with Gasteiger partial charge in [-0.25, -0.2) is 0 Å². The second kappa shape index (κ2) is 11.4. The van der Waals surface area contributed by atoms with Gasteiger partial charge in [0.25, 0.3) is 5.97 Å². The van der Waals surface area contributed by atoms with Crippen LogP contribution in [-0.4, -0.2) is 27.3 Å². The lowest BCUT2D eigenvalue weighted by Gasteiger charge is -2.37. The predicted octanol–water partition coefficient (Wildman–Crippen LogP) is 5.77. The smallest absolute Gasteiger partial charge is 0.285 e. The van der Waals surface area contributed by atoms with Gasteiger partial charge in [0.15, 0.2) is 0 Å². The Bertz CT molecular complexity index is 246. The third-order valence-corrected chi connectivity index (χ3v) is 4.50. The van der Waals surface area contributed by atoms with Crippen LogP contribution in [0, 0.1) is 11.3 Å². The first-order valence-electron chi connectivity index (χ1n) is 9.00. The van der Waals surface area contributed by atoms with Gasteiger partial charge in [-0.3, -0.25) is 0 Å². The fourth-order valence-electron chi connectivity index (χ4n) is 3.03. The fourth-order valence-corrected chi connectivity index (χ4v) is 3.03. The number of ether oxygens (including phenoxy) is 3. The van der Waals surface area contributed by atoms with E-state index in [0.717, 1.165) is 19.3 Å². The standard InChI is InChI=1S/C19H40O3/c1-8-9-10-11-12-13-14-17(15-16-18(2,3)4)19(20-5,21-6)22-7/h17H,8-16H2,1-7H3. The average Bonchev–Trinajstić information content (AvgIpc) is 2.48. The molecule has 0 bridgehead atoms. The molecule has 0 amide bonds. The van der Waals surface area contributed by atoms with E-state index in [2.05, 4.69) is 27.7 Å². The van der Waals surface area contributed by atoms with Gasteiger partial charge in [0.05, 0.1) is 0 Å². The van der Waals surface area contributed by atoms with Crippen LogP contribution in [0.5, 0.6) is 0 Å². The molecular formula is C19H40O3. The first-order chi connectivity index (χ1) is 10.3. The summed E-state index contributed by atoms with van der Waals surface area (Å²) in [6.45, 7) is 9.10. The number of methoxy groups -OCH3 is 3. The van der Waals surface area contributed by atoms with E-state index >= 15 is 0 Å². The van der Waals surface area contributed by atoms with Crippen molar-refractivity contribution in [2.24, 2.45) is 11.3 Å². The Kier molecular flexibility index (Phi) is 11.4. The Morgan fingerprint density at radius 3 is 1.68 bits per heavy atom. The largest absolute Gasteiger partial charge is 0.331 e. The Morgan fingerprint density at radius 1 is 0.727 bits per heavy atom. The van der Waals surface area contributed by atoms with Crippen LogP contribution < -0.4 is 0 Å². The summed E-state index contributed by atoms with van der Waals surface area (Å²) in [6, 6.07) is 0. The summed E-state index contributed by atoms with van der Waals surface area (Å²) >= 11 is 0. The first kappa shape index (κ1) is 21.9. The molecular weight excluding hydrogens is 276 g/mol. The molecule has 0 aliphatic carbocycles. The molecule has 0 rings (SSSR count). The van der Waals surface area contributed by atoms with Gasteiger partial charge in [0.2, 0.25) is 0 Å². The van der Waals surface area contributed by atoms with Crippen molar-refractivity contribution in [3.05, 3.63) is 0 Å². The highest BCUT2D eigenvalue weighted by atomic mass is 16.9. The summed E-state index contributed by atoms with van der Waals surface area (Å²) in [4.78, 5) is 0. The van der Waals surface area contributed by atoms with Crippen molar-refractivity contribution in [2.75, 3.05) is 21.3 Å². The van der Waals surface area contributed by atoms with Crippen LogP contribution in [-0.2, 0) is 14.2 Å². The Hall–Kier alpha value is -0.120. The Labute approximate surface area is 139 Å². The van der Waals surface area contributed by atoms with E-state index in [9.17, 15) is 0 Å². The summed E-state index contributed by atoms with van der Waals surface area (Å²) in [5, 5.41) is 0. The molecule has 0 fully saturated rings. The van der Waals surface area contributed by atoms with Gasteiger partial charge in [-0.05, 0) is 24.7 Å². The number of unbranched alkanes of at least 4 members (excludes halogenated alkanes) is 5. The van der Waals surface area contributed by atoms with Crippen molar-refractivity contribution in [1.82, 2.24) is 0 Å². The molecule has 0 saturated heterocycles. The van der Waals surface area contributed by atoms with Gasteiger partial charge < -0.3 is 14.2 Å². The van der Waals surface area contributed by atoms with Crippen molar-refractivity contribution in [1.29, 1.82) is 0 Å². The summed E-state index contributed by atoms with van der Waals surface area (Å²) in [6.07, 6.45) is 11.2. The lowest BCUT2D eigenvalue weighted by molar-refractivity contribution is -0.380. The molecule has 0 aromatic rings. The van der Waals surface area contributed by atoms with Crippen molar-refractivity contribution in [2.45, 2.75) is 91.5 Å². The van der Waals surface area contributed by atoms with E-state index in [1.807, 2.05) is 0 Å². The summed E-state index contributed by atoms with van der Waals surface area (Å²) in [5.41, 5.74) is 0.320. The van der Waals surface area contributed by atoms with Crippen LogP contribution in [0.4, 0.5) is 0 Å². The van der Waals surface area contributed by atoms with Crippen molar-refractivity contribution in [3.8, 4) is 0 Å². The molecule has 0 aliphatic rings. The highest BCUT2D eigenvalue weighted by Gasteiger charge is 2.39. The molecule has 0 radical (unpaired) electrons. The van der Waals surface area contributed by atoms with Gasteiger partial charge >= 0.3 is 0 Å². The zero-order valence-corrected chi connectivity index (χ0v) is 16.2. The number of hydrogen-bond donors (Lipinski definition) is 0. The number of rotatable bonds is 13. The quantitative estimate of drug-likeness (QED) is 0.319. The Balaban J connectivity index is 4.51. The number of hydrogen-bond acceptors (Lipinski definition) is 3. The maximum Gasteiger partial charge on any atom is 0.285 e. The van der Waals surface area contributed by atoms with Crippen LogP contribution in [0.3, 0.4) is 0 Å². The minimum Gasteiger partial charge on any atom is -0.331 e. The van der Waals surface area contributed by atoms with Crippen molar-refractivity contribution < 1.29 is 14.2 Å². The lowest BCUT2D eigenvalue weighted by Crippen LogP contribution is -2.44. The first-order valence-corrected chi connectivity index (χ1v) is 9.00.